The van der Waals surface area contributed by atoms with Crippen molar-refractivity contribution in [3.05, 3.63) is 70.4 Å². The molecule has 1 fully saturated rings. The van der Waals surface area contributed by atoms with E-state index in [9.17, 15) is 9.59 Å². The van der Waals surface area contributed by atoms with Crippen LogP contribution in [0.15, 0.2) is 59.2 Å². The third kappa shape index (κ3) is 3.71. The molecule has 6 heteroatoms. The molecule has 5 nitrogen and oxygen atoms in total. The molecule has 2 aromatic rings. The fourth-order valence-electron chi connectivity index (χ4n) is 3.37. The number of carbonyl (C=O) groups is 2. The molecule has 2 aliphatic rings. The summed E-state index contributed by atoms with van der Waals surface area (Å²) >= 11 is 6.08. The number of fused-ring (bicyclic) bond motifs is 1. The summed E-state index contributed by atoms with van der Waals surface area (Å²) < 4.78 is 5.56. The lowest BCUT2D eigenvalue weighted by Gasteiger charge is -2.14. The molecule has 1 saturated heterocycles. The van der Waals surface area contributed by atoms with Crippen LogP contribution in [0.25, 0.3) is 6.08 Å². The van der Waals surface area contributed by atoms with Gasteiger partial charge >= 0.3 is 5.97 Å². The van der Waals surface area contributed by atoms with E-state index in [1.807, 2.05) is 6.07 Å². The van der Waals surface area contributed by atoms with E-state index in [4.69, 9.17) is 16.3 Å². The molecule has 2 heterocycles. The Kier molecular flexibility index (Phi) is 5.26. The minimum absolute atomic E-state index is 0.0934. The van der Waals surface area contributed by atoms with Crippen molar-refractivity contribution in [3.63, 3.8) is 0 Å². The van der Waals surface area contributed by atoms with Crippen LogP contribution in [0.2, 0.25) is 5.02 Å². The molecule has 0 spiro atoms. The Balaban J connectivity index is 1.62. The van der Waals surface area contributed by atoms with Crippen molar-refractivity contribution in [3.8, 4) is 5.75 Å². The van der Waals surface area contributed by atoms with Crippen molar-refractivity contribution < 1.29 is 14.3 Å². The first kappa shape index (κ1) is 18.4. The van der Waals surface area contributed by atoms with Crippen LogP contribution < -0.4 is 4.74 Å². The second kappa shape index (κ2) is 7.98. The number of hydrogen-bond acceptors (Lipinski definition) is 4. The molecule has 4 rings (SSSR count). The van der Waals surface area contributed by atoms with Gasteiger partial charge in [0.25, 0.3) is 5.91 Å². The maximum atomic E-state index is 12.7. The smallest absolute Gasteiger partial charge is 0.345 e. The van der Waals surface area contributed by atoms with Crippen LogP contribution in [0.4, 0.5) is 0 Å². The number of amidine groups is 1. The van der Waals surface area contributed by atoms with E-state index in [1.165, 1.54) is 0 Å². The van der Waals surface area contributed by atoms with Crippen molar-refractivity contribution in [2.45, 2.75) is 25.7 Å². The lowest BCUT2D eigenvalue weighted by Crippen LogP contribution is -2.31. The summed E-state index contributed by atoms with van der Waals surface area (Å²) in [6, 6.07) is 13.8. The van der Waals surface area contributed by atoms with E-state index < -0.39 is 5.97 Å². The van der Waals surface area contributed by atoms with Crippen molar-refractivity contribution >= 4 is 35.4 Å². The molecule has 28 heavy (non-hydrogen) atoms. The van der Waals surface area contributed by atoms with Gasteiger partial charge in [0.05, 0.1) is 10.6 Å². The molecule has 142 valence electrons. The highest BCUT2D eigenvalue weighted by Gasteiger charge is 2.30. The summed E-state index contributed by atoms with van der Waals surface area (Å²) in [6.45, 7) is 0.706. The molecule has 0 atom stereocenters. The van der Waals surface area contributed by atoms with Crippen molar-refractivity contribution in [1.29, 1.82) is 0 Å². The summed E-state index contributed by atoms with van der Waals surface area (Å²) in [6.07, 6.45) is 5.64. The monoisotopic (exact) mass is 394 g/mol. The maximum absolute atomic E-state index is 12.7. The Bertz CT molecular complexity index is 997. The SMILES string of the molecule is O=C(Oc1ccccc1/C=C1\N=C2CCCCCN2C1=O)c1ccccc1Cl. The maximum Gasteiger partial charge on any atom is 0.345 e. The second-order valence-corrected chi connectivity index (χ2v) is 7.14. The number of ether oxygens (including phenoxy) is 1. The number of carbonyl (C=O) groups excluding carboxylic acids is 2. The van der Waals surface area contributed by atoms with Gasteiger partial charge in [-0.25, -0.2) is 9.79 Å². The second-order valence-electron chi connectivity index (χ2n) is 6.73. The Morgan fingerprint density at radius 1 is 1.07 bits per heavy atom. The Morgan fingerprint density at radius 3 is 2.71 bits per heavy atom. The fourth-order valence-corrected chi connectivity index (χ4v) is 3.58. The number of benzene rings is 2. The predicted octanol–water partition coefficient (Wildman–Crippen LogP) is 4.71. The average molecular weight is 395 g/mol. The molecule has 0 radical (unpaired) electrons. The summed E-state index contributed by atoms with van der Waals surface area (Å²) in [4.78, 5) is 31.5. The molecule has 0 N–H and O–H groups in total. The molecular weight excluding hydrogens is 376 g/mol. The van der Waals surface area contributed by atoms with Crippen LogP contribution in [0, 0.1) is 0 Å². The van der Waals surface area contributed by atoms with E-state index in [2.05, 4.69) is 4.99 Å². The number of esters is 1. The summed E-state index contributed by atoms with van der Waals surface area (Å²) in [5, 5.41) is 0.327. The predicted molar refractivity (Wildman–Crippen MR) is 108 cm³/mol. The molecule has 0 aliphatic carbocycles. The Labute approximate surface area is 168 Å². The quantitative estimate of drug-likeness (QED) is 0.430. The number of aliphatic imine (C=N–C) groups is 1. The zero-order valence-corrected chi connectivity index (χ0v) is 16.0. The van der Waals surface area contributed by atoms with Gasteiger partial charge in [-0.05, 0) is 37.1 Å². The van der Waals surface area contributed by atoms with E-state index in [-0.39, 0.29) is 11.5 Å². The fraction of sp³-hybridized carbons (Fsp3) is 0.227. The van der Waals surface area contributed by atoms with Crippen molar-refractivity contribution in [2.75, 3.05) is 6.54 Å². The summed E-state index contributed by atoms with van der Waals surface area (Å²) in [5.41, 5.74) is 1.28. The van der Waals surface area contributed by atoms with Gasteiger partial charge in [0, 0.05) is 18.5 Å². The molecular formula is C22H19ClN2O3. The lowest BCUT2D eigenvalue weighted by atomic mass is 10.1. The van der Waals surface area contributed by atoms with Gasteiger partial charge in [0.2, 0.25) is 0 Å². The minimum Gasteiger partial charge on any atom is -0.422 e. The van der Waals surface area contributed by atoms with Crippen molar-refractivity contribution in [1.82, 2.24) is 4.90 Å². The first-order valence-electron chi connectivity index (χ1n) is 9.30. The molecule has 0 saturated carbocycles. The van der Waals surface area contributed by atoms with Crippen LogP contribution in [0.1, 0.15) is 41.6 Å². The van der Waals surface area contributed by atoms with E-state index in [0.29, 0.717) is 28.6 Å². The van der Waals surface area contributed by atoms with Crippen LogP contribution >= 0.6 is 11.6 Å². The van der Waals surface area contributed by atoms with Crippen LogP contribution in [-0.4, -0.2) is 29.2 Å². The highest BCUT2D eigenvalue weighted by atomic mass is 35.5. The van der Waals surface area contributed by atoms with Gasteiger partial charge in [-0.2, -0.15) is 0 Å². The average Bonchev–Trinajstić information content (AvgIpc) is 2.85. The van der Waals surface area contributed by atoms with E-state index in [1.54, 1.807) is 53.4 Å². The number of halogens is 1. The zero-order valence-electron chi connectivity index (χ0n) is 15.2. The van der Waals surface area contributed by atoms with Gasteiger partial charge in [0.1, 0.15) is 17.3 Å². The number of nitrogens with zero attached hydrogens (tertiary/aromatic N) is 2. The van der Waals surface area contributed by atoms with Gasteiger partial charge in [-0.1, -0.05) is 48.4 Å². The number of para-hydroxylation sites is 1. The van der Waals surface area contributed by atoms with Gasteiger partial charge < -0.3 is 4.74 Å². The number of rotatable bonds is 3. The Morgan fingerprint density at radius 2 is 1.86 bits per heavy atom. The third-order valence-electron chi connectivity index (χ3n) is 4.82. The van der Waals surface area contributed by atoms with Gasteiger partial charge in [-0.15, -0.1) is 0 Å². The molecule has 2 aliphatic heterocycles. The number of hydrogen-bond donors (Lipinski definition) is 0. The zero-order chi connectivity index (χ0) is 19.5. The molecule has 0 unspecified atom stereocenters. The van der Waals surface area contributed by atoms with Crippen LogP contribution in [0.3, 0.4) is 0 Å². The van der Waals surface area contributed by atoms with Crippen LogP contribution in [-0.2, 0) is 4.79 Å². The topological polar surface area (TPSA) is 59.0 Å². The highest BCUT2D eigenvalue weighted by molar-refractivity contribution is 6.33. The summed E-state index contributed by atoms with van der Waals surface area (Å²) in [7, 11) is 0. The standard InChI is InChI=1S/C22H19ClN2O3/c23-17-10-5-4-9-16(17)22(27)28-19-11-6-3-8-15(19)14-18-21(26)25-13-7-1-2-12-20(25)24-18/h3-6,8-11,14H,1-2,7,12-13H2/b18-14-. The van der Waals surface area contributed by atoms with Gasteiger partial charge in [0.15, 0.2) is 0 Å². The highest BCUT2D eigenvalue weighted by Crippen LogP contribution is 2.28. The van der Waals surface area contributed by atoms with E-state index in [0.717, 1.165) is 31.5 Å². The van der Waals surface area contributed by atoms with E-state index >= 15 is 0 Å². The minimum atomic E-state index is -0.547. The molecule has 2 aromatic carbocycles. The third-order valence-corrected chi connectivity index (χ3v) is 5.14. The van der Waals surface area contributed by atoms with Gasteiger partial charge in [-0.3, -0.25) is 9.69 Å². The molecule has 0 bridgehead atoms. The lowest BCUT2D eigenvalue weighted by molar-refractivity contribution is -0.122. The largest absolute Gasteiger partial charge is 0.422 e. The Hall–Kier alpha value is -2.92. The summed E-state index contributed by atoms with van der Waals surface area (Å²) in [5.74, 6) is 0.549. The molecule has 1 amide bonds. The first-order chi connectivity index (χ1) is 13.6. The van der Waals surface area contributed by atoms with Crippen LogP contribution in [0.5, 0.6) is 5.75 Å². The number of amides is 1. The first-order valence-corrected chi connectivity index (χ1v) is 9.68. The molecule has 0 aromatic heterocycles. The normalized spacial score (nSPS) is 17.9. The van der Waals surface area contributed by atoms with Crippen molar-refractivity contribution in [2.24, 2.45) is 4.99 Å².